The van der Waals surface area contributed by atoms with Gasteiger partial charge in [0.15, 0.2) is 0 Å². The number of nitrogens with one attached hydrogen (secondary N) is 1. The summed E-state index contributed by atoms with van der Waals surface area (Å²) >= 11 is 0. The highest BCUT2D eigenvalue weighted by Gasteiger charge is 2.29. The summed E-state index contributed by atoms with van der Waals surface area (Å²) in [5.74, 6) is -0.267. The molecule has 0 amide bonds. The molecule has 2 atom stereocenters. The summed E-state index contributed by atoms with van der Waals surface area (Å²) in [7, 11) is 0. The molecule has 82 valence electrons. The van der Waals surface area contributed by atoms with Crippen molar-refractivity contribution in [3.63, 3.8) is 0 Å². The highest BCUT2D eigenvalue weighted by Crippen LogP contribution is 2.14. The first-order valence-corrected chi connectivity index (χ1v) is 5.03. The van der Waals surface area contributed by atoms with E-state index in [0.29, 0.717) is 19.4 Å². The number of aliphatic hydroxyl groups is 1. The van der Waals surface area contributed by atoms with Gasteiger partial charge >= 0.3 is 5.97 Å². The fourth-order valence-electron chi connectivity index (χ4n) is 1.45. The summed E-state index contributed by atoms with van der Waals surface area (Å²) in [5.41, 5.74) is -0.457. The fourth-order valence-corrected chi connectivity index (χ4v) is 1.45. The number of ether oxygens (including phenoxy) is 1. The molecule has 0 aromatic heterocycles. The fraction of sp³-hybridized carbons (Fsp3) is 0.900. The number of hydrogen-bond donors (Lipinski definition) is 2. The van der Waals surface area contributed by atoms with Crippen LogP contribution in [0.1, 0.15) is 33.6 Å². The third kappa shape index (κ3) is 3.64. The van der Waals surface area contributed by atoms with Crippen molar-refractivity contribution >= 4 is 5.97 Å². The summed E-state index contributed by atoms with van der Waals surface area (Å²) in [6, 6.07) is -0.349. The smallest absolute Gasteiger partial charge is 0.323 e. The van der Waals surface area contributed by atoms with E-state index in [9.17, 15) is 9.90 Å². The standard InChI is InChI=1S/C10H19NO3/c1-10(2,3)14-9(13)8-6-7(12)4-5-11-8/h7-8,11-12H,4-6H2,1-3H3/t7-,8+/m0/s1. The van der Waals surface area contributed by atoms with Crippen LogP contribution < -0.4 is 5.32 Å². The molecule has 0 aromatic carbocycles. The molecule has 0 aliphatic carbocycles. The second-order valence-corrected chi connectivity index (χ2v) is 4.72. The zero-order valence-corrected chi connectivity index (χ0v) is 9.04. The average molecular weight is 201 g/mol. The van der Waals surface area contributed by atoms with Crippen molar-refractivity contribution in [2.75, 3.05) is 6.54 Å². The minimum absolute atomic E-state index is 0.267. The van der Waals surface area contributed by atoms with Crippen molar-refractivity contribution < 1.29 is 14.6 Å². The minimum atomic E-state index is -0.457. The van der Waals surface area contributed by atoms with Crippen molar-refractivity contribution in [3.8, 4) is 0 Å². The molecule has 1 aliphatic heterocycles. The quantitative estimate of drug-likeness (QED) is 0.604. The Morgan fingerprint density at radius 3 is 2.64 bits per heavy atom. The van der Waals surface area contributed by atoms with Crippen molar-refractivity contribution in [1.82, 2.24) is 5.32 Å². The molecule has 4 heteroatoms. The lowest BCUT2D eigenvalue weighted by molar-refractivity contribution is -0.159. The minimum Gasteiger partial charge on any atom is -0.459 e. The van der Waals surface area contributed by atoms with Crippen LogP contribution in [0, 0.1) is 0 Å². The summed E-state index contributed by atoms with van der Waals surface area (Å²) in [6.45, 7) is 6.18. The van der Waals surface area contributed by atoms with Crippen LogP contribution in [0.5, 0.6) is 0 Å². The van der Waals surface area contributed by atoms with Crippen LogP contribution in [0.15, 0.2) is 0 Å². The third-order valence-corrected chi connectivity index (χ3v) is 2.07. The number of piperidine rings is 1. The molecule has 2 N–H and O–H groups in total. The Kier molecular flexibility index (Phi) is 3.50. The molecule has 0 bridgehead atoms. The molecule has 1 rings (SSSR count). The monoisotopic (exact) mass is 201 g/mol. The van der Waals surface area contributed by atoms with Crippen LogP contribution in [-0.4, -0.2) is 35.4 Å². The maximum atomic E-state index is 11.6. The predicted molar refractivity (Wildman–Crippen MR) is 52.9 cm³/mol. The number of hydrogen-bond acceptors (Lipinski definition) is 4. The summed E-state index contributed by atoms with van der Waals surface area (Å²) in [4.78, 5) is 11.6. The highest BCUT2D eigenvalue weighted by atomic mass is 16.6. The van der Waals surface area contributed by atoms with Gasteiger partial charge in [-0.25, -0.2) is 0 Å². The normalized spacial score (nSPS) is 28.6. The van der Waals surface area contributed by atoms with Crippen LogP contribution in [-0.2, 0) is 9.53 Å². The number of aliphatic hydroxyl groups excluding tert-OH is 1. The van der Waals surface area contributed by atoms with E-state index < -0.39 is 5.60 Å². The first-order chi connectivity index (χ1) is 6.38. The maximum Gasteiger partial charge on any atom is 0.323 e. The topological polar surface area (TPSA) is 58.6 Å². The van der Waals surface area contributed by atoms with Gasteiger partial charge in [-0.2, -0.15) is 0 Å². The van der Waals surface area contributed by atoms with Crippen molar-refractivity contribution in [2.45, 2.75) is 51.4 Å². The lowest BCUT2D eigenvalue weighted by atomic mass is 10.0. The van der Waals surface area contributed by atoms with E-state index in [2.05, 4.69) is 5.32 Å². The SMILES string of the molecule is CC(C)(C)OC(=O)[C@H]1C[C@@H](O)CCN1. The summed E-state index contributed by atoms with van der Waals surface area (Å²) < 4.78 is 5.21. The van der Waals surface area contributed by atoms with E-state index in [1.807, 2.05) is 20.8 Å². The van der Waals surface area contributed by atoms with E-state index in [-0.39, 0.29) is 18.1 Å². The van der Waals surface area contributed by atoms with Crippen LogP contribution >= 0.6 is 0 Å². The molecule has 0 radical (unpaired) electrons. The second-order valence-electron chi connectivity index (χ2n) is 4.72. The summed E-state index contributed by atoms with van der Waals surface area (Å²) in [5, 5.41) is 12.4. The van der Waals surface area contributed by atoms with Crippen LogP contribution in [0.4, 0.5) is 0 Å². The molecule has 14 heavy (non-hydrogen) atoms. The predicted octanol–water partition coefficient (Wildman–Crippen LogP) is 0.441. The number of carbonyl (C=O) groups is 1. The van der Waals surface area contributed by atoms with E-state index in [4.69, 9.17) is 4.74 Å². The van der Waals surface area contributed by atoms with Gasteiger partial charge in [-0.3, -0.25) is 4.79 Å². The Morgan fingerprint density at radius 2 is 2.14 bits per heavy atom. The maximum absolute atomic E-state index is 11.6. The Morgan fingerprint density at radius 1 is 1.50 bits per heavy atom. The molecular weight excluding hydrogens is 182 g/mol. The zero-order chi connectivity index (χ0) is 10.8. The lowest BCUT2D eigenvalue weighted by Gasteiger charge is -2.29. The van der Waals surface area contributed by atoms with Gasteiger partial charge in [-0.1, -0.05) is 0 Å². The number of carbonyl (C=O) groups excluding carboxylic acids is 1. The Labute approximate surface area is 84.6 Å². The van der Waals surface area contributed by atoms with Gasteiger partial charge in [0.1, 0.15) is 11.6 Å². The number of esters is 1. The Hall–Kier alpha value is -0.610. The molecule has 0 aromatic rings. The van der Waals surface area contributed by atoms with Gasteiger partial charge < -0.3 is 15.2 Å². The van der Waals surface area contributed by atoms with Crippen molar-refractivity contribution in [2.24, 2.45) is 0 Å². The zero-order valence-electron chi connectivity index (χ0n) is 9.04. The second kappa shape index (κ2) is 4.28. The van der Waals surface area contributed by atoms with Gasteiger partial charge in [0.2, 0.25) is 0 Å². The first-order valence-electron chi connectivity index (χ1n) is 5.03. The molecule has 1 aliphatic rings. The van der Waals surface area contributed by atoms with Crippen molar-refractivity contribution in [3.05, 3.63) is 0 Å². The van der Waals surface area contributed by atoms with Crippen molar-refractivity contribution in [1.29, 1.82) is 0 Å². The molecule has 1 heterocycles. The third-order valence-electron chi connectivity index (χ3n) is 2.07. The van der Waals surface area contributed by atoms with Gasteiger partial charge in [-0.05, 0) is 40.2 Å². The van der Waals surface area contributed by atoms with E-state index >= 15 is 0 Å². The van der Waals surface area contributed by atoms with Gasteiger partial charge in [0, 0.05) is 0 Å². The molecule has 0 unspecified atom stereocenters. The summed E-state index contributed by atoms with van der Waals surface area (Å²) in [6.07, 6.45) is 0.780. The first kappa shape index (κ1) is 11.5. The van der Waals surface area contributed by atoms with Gasteiger partial charge in [-0.15, -0.1) is 0 Å². The van der Waals surface area contributed by atoms with E-state index in [1.54, 1.807) is 0 Å². The molecular formula is C10H19NO3. The Bertz CT molecular complexity index is 210. The number of rotatable bonds is 1. The van der Waals surface area contributed by atoms with Gasteiger partial charge in [0.05, 0.1) is 6.10 Å². The highest BCUT2D eigenvalue weighted by molar-refractivity contribution is 5.76. The molecule has 1 saturated heterocycles. The lowest BCUT2D eigenvalue weighted by Crippen LogP contribution is -2.47. The van der Waals surface area contributed by atoms with Crippen LogP contribution in [0.3, 0.4) is 0 Å². The molecule has 1 fully saturated rings. The molecule has 0 spiro atoms. The molecule has 0 saturated carbocycles. The van der Waals surface area contributed by atoms with Crippen LogP contribution in [0.25, 0.3) is 0 Å². The van der Waals surface area contributed by atoms with E-state index in [0.717, 1.165) is 0 Å². The largest absolute Gasteiger partial charge is 0.459 e. The van der Waals surface area contributed by atoms with Crippen LogP contribution in [0.2, 0.25) is 0 Å². The average Bonchev–Trinajstić information content (AvgIpc) is 2.01. The molecule has 4 nitrogen and oxygen atoms in total. The van der Waals surface area contributed by atoms with E-state index in [1.165, 1.54) is 0 Å². The Balaban J connectivity index is 2.44. The van der Waals surface area contributed by atoms with Gasteiger partial charge in [0.25, 0.3) is 0 Å².